The fourth-order valence-corrected chi connectivity index (χ4v) is 0.327. The van der Waals surface area contributed by atoms with Gasteiger partial charge in [0.2, 0.25) is 0 Å². The molecule has 0 aromatic carbocycles. The first kappa shape index (κ1) is 10.0. The van der Waals surface area contributed by atoms with E-state index in [1.165, 1.54) is 12.8 Å². The Bertz CT molecular complexity index is 28.0. The summed E-state index contributed by atoms with van der Waals surface area (Å²) in [5, 5.41) is 0. The fraction of sp³-hybridized carbons (Fsp3) is 1.00. The molecule has 40 valence electrons. The Balaban J connectivity index is 0. The summed E-state index contributed by atoms with van der Waals surface area (Å²) in [5.41, 5.74) is 0. The first-order chi connectivity index (χ1) is 1.89. The molecule has 0 amide bonds. The molecule has 1 rings (SSSR count). The number of alkyl halides is 1. The van der Waals surface area contributed by atoms with Crippen molar-refractivity contribution < 1.29 is 0 Å². The van der Waals surface area contributed by atoms with Gasteiger partial charge in [-0.15, -0.1) is 17.0 Å². The summed E-state index contributed by atoms with van der Waals surface area (Å²) >= 11 is 3.38. The van der Waals surface area contributed by atoms with E-state index in [4.69, 9.17) is 0 Å². The van der Waals surface area contributed by atoms with Crippen molar-refractivity contribution >= 4 is 32.9 Å². The van der Waals surface area contributed by atoms with Crippen LogP contribution in [0.1, 0.15) is 12.8 Å². The van der Waals surface area contributed by atoms with E-state index in [9.17, 15) is 0 Å². The third-order valence-corrected chi connectivity index (χ3v) is 1.42. The standard InChI is InChI=1S/C3H5Br.BrH.H3N/c4-3-1-2-3;;/h3H,1-2H2;1H;1H3. The smallest absolute Gasteiger partial charge is 0.0146 e. The molecule has 1 aliphatic rings. The number of hydrogen-bond acceptors (Lipinski definition) is 1. The number of hydrogen-bond donors (Lipinski definition) is 1. The van der Waals surface area contributed by atoms with E-state index in [2.05, 4.69) is 15.9 Å². The van der Waals surface area contributed by atoms with Crippen LogP contribution in [0.3, 0.4) is 0 Å². The molecule has 1 aliphatic carbocycles. The van der Waals surface area contributed by atoms with Crippen molar-refractivity contribution in [1.29, 1.82) is 0 Å². The highest BCUT2D eigenvalue weighted by molar-refractivity contribution is 9.09. The molecule has 0 aromatic rings. The largest absolute Gasteiger partial charge is 0.344 e. The maximum absolute atomic E-state index is 3.38. The Hall–Kier alpha value is 0.920. The summed E-state index contributed by atoms with van der Waals surface area (Å²) < 4.78 is 0. The van der Waals surface area contributed by atoms with Gasteiger partial charge in [0.15, 0.2) is 0 Å². The van der Waals surface area contributed by atoms with Crippen molar-refractivity contribution in [2.75, 3.05) is 0 Å². The summed E-state index contributed by atoms with van der Waals surface area (Å²) in [7, 11) is 0. The number of halogens is 2. The van der Waals surface area contributed by atoms with Crippen LogP contribution in [0.5, 0.6) is 0 Å². The van der Waals surface area contributed by atoms with Gasteiger partial charge in [-0.1, -0.05) is 15.9 Å². The Morgan fingerprint density at radius 2 is 1.50 bits per heavy atom. The Labute approximate surface area is 57.0 Å². The van der Waals surface area contributed by atoms with E-state index in [0.29, 0.717) is 0 Å². The van der Waals surface area contributed by atoms with Gasteiger partial charge in [-0.3, -0.25) is 0 Å². The molecule has 0 saturated heterocycles. The zero-order valence-electron chi connectivity index (χ0n) is 3.48. The second kappa shape index (κ2) is 4.09. The third kappa shape index (κ3) is 4.92. The Morgan fingerprint density at radius 1 is 1.33 bits per heavy atom. The van der Waals surface area contributed by atoms with E-state index in [1.54, 1.807) is 0 Å². The second-order valence-electron chi connectivity index (χ2n) is 1.17. The molecule has 0 spiro atoms. The number of rotatable bonds is 0. The predicted molar refractivity (Wildman–Crippen MR) is 37.3 cm³/mol. The predicted octanol–water partition coefficient (Wildman–Crippen LogP) is 2.28. The van der Waals surface area contributed by atoms with Gasteiger partial charge >= 0.3 is 0 Å². The Morgan fingerprint density at radius 3 is 1.50 bits per heavy atom. The zero-order valence-corrected chi connectivity index (χ0v) is 6.78. The van der Waals surface area contributed by atoms with E-state index >= 15 is 0 Å². The van der Waals surface area contributed by atoms with Crippen LogP contribution in [-0.4, -0.2) is 4.83 Å². The highest BCUT2D eigenvalue weighted by atomic mass is 79.9. The van der Waals surface area contributed by atoms with Crippen LogP contribution >= 0.6 is 32.9 Å². The molecule has 0 bridgehead atoms. The van der Waals surface area contributed by atoms with Gasteiger partial charge in [-0.05, 0) is 12.8 Å². The van der Waals surface area contributed by atoms with Crippen LogP contribution in [0.25, 0.3) is 0 Å². The summed E-state index contributed by atoms with van der Waals surface area (Å²) in [4.78, 5) is 0.896. The molecule has 1 fully saturated rings. The minimum Gasteiger partial charge on any atom is -0.344 e. The molecule has 3 heteroatoms. The molecule has 1 nitrogen and oxygen atoms in total. The van der Waals surface area contributed by atoms with Gasteiger partial charge in [0.05, 0.1) is 0 Å². The maximum atomic E-state index is 3.38. The van der Waals surface area contributed by atoms with Gasteiger partial charge in [-0.25, -0.2) is 0 Å². The molecule has 0 aliphatic heterocycles. The van der Waals surface area contributed by atoms with Crippen LogP contribution in [0.2, 0.25) is 0 Å². The third-order valence-electron chi connectivity index (χ3n) is 0.507. The van der Waals surface area contributed by atoms with Crippen LogP contribution in [0.4, 0.5) is 0 Å². The van der Waals surface area contributed by atoms with Crippen LogP contribution in [0, 0.1) is 0 Å². The molecule has 0 atom stereocenters. The van der Waals surface area contributed by atoms with Gasteiger partial charge in [0.1, 0.15) is 0 Å². The lowest BCUT2D eigenvalue weighted by Gasteiger charge is -1.50. The van der Waals surface area contributed by atoms with Crippen molar-refractivity contribution in [3.8, 4) is 0 Å². The van der Waals surface area contributed by atoms with Crippen molar-refractivity contribution in [1.82, 2.24) is 6.15 Å². The monoisotopic (exact) mass is 217 g/mol. The van der Waals surface area contributed by atoms with E-state index in [1.807, 2.05) is 0 Å². The van der Waals surface area contributed by atoms with Crippen LogP contribution in [-0.2, 0) is 0 Å². The van der Waals surface area contributed by atoms with Crippen molar-refractivity contribution in [2.45, 2.75) is 17.7 Å². The maximum Gasteiger partial charge on any atom is 0.0146 e. The lowest BCUT2D eigenvalue weighted by atomic mass is 11.0. The topological polar surface area (TPSA) is 35.0 Å². The minimum atomic E-state index is 0. The van der Waals surface area contributed by atoms with Gasteiger partial charge < -0.3 is 6.15 Å². The molecule has 0 radical (unpaired) electrons. The average Bonchev–Trinajstić information content (AvgIpc) is 1.75. The highest BCUT2D eigenvalue weighted by Gasteiger charge is 2.15. The molecular formula is C3H9Br2N. The normalized spacial score (nSPS) is 17.5. The van der Waals surface area contributed by atoms with E-state index < -0.39 is 0 Å². The van der Waals surface area contributed by atoms with Gasteiger partial charge in [0, 0.05) is 4.83 Å². The van der Waals surface area contributed by atoms with E-state index in [0.717, 1.165) is 4.83 Å². The summed E-state index contributed by atoms with van der Waals surface area (Å²) in [6.45, 7) is 0. The molecule has 0 heterocycles. The fourth-order valence-electron chi connectivity index (χ4n) is 0.0630. The molecule has 0 unspecified atom stereocenters. The highest BCUT2D eigenvalue weighted by Crippen LogP contribution is 2.27. The lowest BCUT2D eigenvalue weighted by molar-refractivity contribution is 1.50. The first-order valence-corrected chi connectivity index (χ1v) is 2.45. The lowest BCUT2D eigenvalue weighted by Crippen LogP contribution is -1.42. The van der Waals surface area contributed by atoms with Crippen molar-refractivity contribution in [3.05, 3.63) is 0 Å². The molecule has 3 N–H and O–H groups in total. The van der Waals surface area contributed by atoms with Gasteiger partial charge in [0.25, 0.3) is 0 Å². The summed E-state index contributed by atoms with van der Waals surface area (Å²) in [5.74, 6) is 0. The summed E-state index contributed by atoms with van der Waals surface area (Å²) in [6.07, 6.45) is 2.81. The van der Waals surface area contributed by atoms with E-state index in [-0.39, 0.29) is 23.1 Å². The van der Waals surface area contributed by atoms with Gasteiger partial charge in [-0.2, -0.15) is 0 Å². The average molecular weight is 219 g/mol. The molecular weight excluding hydrogens is 210 g/mol. The second-order valence-corrected chi connectivity index (χ2v) is 2.47. The molecule has 6 heavy (non-hydrogen) atoms. The SMILES string of the molecule is Br.BrC1CC1.N. The van der Waals surface area contributed by atoms with Crippen LogP contribution in [0.15, 0.2) is 0 Å². The quantitative estimate of drug-likeness (QED) is 0.623. The van der Waals surface area contributed by atoms with Crippen molar-refractivity contribution in [3.63, 3.8) is 0 Å². The first-order valence-electron chi connectivity index (χ1n) is 1.53. The summed E-state index contributed by atoms with van der Waals surface area (Å²) in [6, 6.07) is 0. The van der Waals surface area contributed by atoms with Crippen LogP contribution < -0.4 is 6.15 Å². The minimum absolute atomic E-state index is 0. The zero-order chi connectivity index (χ0) is 2.99. The van der Waals surface area contributed by atoms with Crippen molar-refractivity contribution in [2.24, 2.45) is 0 Å². The molecule has 0 aromatic heterocycles. The molecule has 1 saturated carbocycles. The Kier molecular flexibility index (Phi) is 6.83.